The third-order valence-electron chi connectivity index (χ3n) is 4.06. The molecule has 2 aromatic rings. The highest BCUT2D eigenvalue weighted by atomic mass is 32.1. The predicted molar refractivity (Wildman–Crippen MR) is 81.1 cm³/mol. The Hall–Kier alpha value is -1.69. The Kier molecular flexibility index (Phi) is 3.80. The fourth-order valence-corrected chi connectivity index (χ4v) is 3.73. The highest BCUT2D eigenvalue weighted by Crippen LogP contribution is 2.42. The van der Waals surface area contributed by atoms with Gasteiger partial charge < -0.3 is 4.74 Å². The second kappa shape index (κ2) is 5.60. The first-order chi connectivity index (χ1) is 10.2. The van der Waals surface area contributed by atoms with Crippen LogP contribution in [0.1, 0.15) is 38.4 Å². The van der Waals surface area contributed by atoms with Crippen molar-refractivity contribution in [3.05, 3.63) is 23.3 Å². The molecule has 1 saturated carbocycles. The topological polar surface area (TPSA) is 57.0 Å². The van der Waals surface area contributed by atoms with Crippen LogP contribution < -0.4 is 0 Å². The standard InChI is InChI=1S/C15H19N3O2S/c1-3-20-14(19)15(8-4-5-9-15)13-16-12(17-18(13)2)11-7-6-10-21-11/h6-7,10H,3-5,8-9H2,1-2H3. The molecule has 0 amide bonds. The van der Waals surface area contributed by atoms with Gasteiger partial charge in [-0.2, -0.15) is 5.10 Å². The van der Waals surface area contributed by atoms with Crippen molar-refractivity contribution in [1.82, 2.24) is 14.8 Å². The third-order valence-corrected chi connectivity index (χ3v) is 4.92. The van der Waals surface area contributed by atoms with Crippen molar-refractivity contribution in [1.29, 1.82) is 0 Å². The summed E-state index contributed by atoms with van der Waals surface area (Å²) in [6.07, 6.45) is 3.64. The molecule has 6 heteroatoms. The molecule has 1 aliphatic rings. The number of rotatable bonds is 4. The summed E-state index contributed by atoms with van der Waals surface area (Å²) in [4.78, 5) is 18.2. The normalized spacial score (nSPS) is 17.0. The second-order valence-electron chi connectivity index (χ2n) is 5.37. The van der Waals surface area contributed by atoms with Gasteiger partial charge in [0.1, 0.15) is 11.2 Å². The zero-order valence-electron chi connectivity index (χ0n) is 12.3. The van der Waals surface area contributed by atoms with Gasteiger partial charge in [0.25, 0.3) is 0 Å². The highest BCUT2D eigenvalue weighted by molar-refractivity contribution is 7.13. The Morgan fingerprint density at radius 1 is 1.48 bits per heavy atom. The summed E-state index contributed by atoms with van der Waals surface area (Å²) >= 11 is 1.60. The highest BCUT2D eigenvalue weighted by Gasteiger charge is 2.48. The van der Waals surface area contributed by atoms with Crippen molar-refractivity contribution >= 4 is 17.3 Å². The summed E-state index contributed by atoms with van der Waals surface area (Å²) < 4.78 is 7.07. The molecular weight excluding hydrogens is 286 g/mol. The molecule has 0 unspecified atom stereocenters. The molecule has 0 atom stereocenters. The predicted octanol–water partition coefficient (Wildman–Crippen LogP) is 2.92. The summed E-state index contributed by atoms with van der Waals surface area (Å²) in [6.45, 7) is 2.24. The van der Waals surface area contributed by atoms with E-state index >= 15 is 0 Å². The Labute approximate surface area is 128 Å². The first kappa shape index (κ1) is 14.3. The van der Waals surface area contributed by atoms with Gasteiger partial charge in [0.15, 0.2) is 5.82 Å². The molecule has 0 aliphatic heterocycles. The van der Waals surface area contributed by atoms with E-state index in [4.69, 9.17) is 4.74 Å². The maximum absolute atomic E-state index is 12.5. The first-order valence-corrected chi connectivity index (χ1v) is 8.18. The van der Waals surface area contributed by atoms with E-state index in [0.29, 0.717) is 12.4 Å². The number of aromatic nitrogens is 3. The fraction of sp³-hybridized carbons (Fsp3) is 0.533. The molecule has 0 saturated heterocycles. The number of carbonyl (C=O) groups excluding carboxylic acids is 1. The van der Waals surface area contributed by atoms with E-state index in [1.807, 2.05) is 31.5 Å². The van der Waals surface area contributed by atoms with Crippen LogP contribution >= 0.6 is 11.3 Å². The van der Waals surface area contributed by atoms with Crippen LogP contribution in [0.4, 0.5) is 0 Å². The van der Waals surface area contributed by atoms with Crippen molar-refractivity contribution in [3.8, 4) is 10.7 Å². The number of thiophene rings is 1. The van der Waals surface area contributed by atoms with E-state index in [1.54, 1.807) is 16.0 Å². The summed E-state index contributed by atoms with van der Waals surface area (Å²) in [6, 6.07) is 3.97. The van der Waals surface area contributed by atoms with Crippen LogP contribution in [0.2, 0.25) is 0 Å². The van der Waals surface area contributed by atoms with Crippen molar-refractivity contribution in [2.75, 3.05) is 6.61 Å². The molecule has 2 heterocycles. The van der Waals surface area contributed by atoms with Crippen molar-refractivity contribution < 1.29 is 9.53 Å². The number of ether oxygens (including phenoxy) is 1. The summed E-state index contributed by atoms with van der Waals surface area (Å²) in [5.41, 5.74) is -0.618. The maximum atomic E-state index is 12.5. The van der Waals surface area contributed by atoms with Gasteiger partial charge in [-0.05, 0) is 31.2 Å². The van der Waals surface area contributed by atoms with Crippen molar-refractivity contribution in [3.63, 3.8) is 0 Å². The zero-order valence-corrected chi connectivity index (χ0v) is 13.2. The lowest BCUT2D eigenvalue weighted by Crippen LogP contribution is -2.37. The van der Waals surface area contributed by atoms with Crippen LogP contribution in [-0.2, 0) is 22.0 Å². The third kappa shape index (κ3) is 2.37. The molecule has 0 aromatic carbocycles. The van der Waals surface area contributed by atoms with E-state index in [9.17, 15) is 4.79 Å². The van der Waals surface area contributed by atoms with Gasteiger partial charge in [-0.25, -0.2) is 4.98 Å². The Bertz CT molecular complexity index is 627. The van der Waals surface area contributed by atoms with E-state index in [0.717, 1.165) is 36.4 Å². The second-order valence-corrected chi connectivity index (χ2v) is 6.32. The number of nitrogens with zero attached hydrogens (tertiary/aromatic N) is 3. The van der Waals surface area contributed by atoms with Gasteiger partial charge >= 0.3 is 5.97 Å². The molecule has 2 aromatic heterocycles. The van der Waals surface area contributed by atoms with E-state index in [2.05, 4.69) is 10.1 Å². The minimum absolute atomic E-state index is 0.157. The molecule has 0 bridgehead atoms. The van der Waals surface area contributed by atoms with Crippen LogP contribution in [0.15, 0.2) is 17.5 Å². The molecule has 21 heavy (non-hydrogen) atoms. The van der Waals surface area contributed by atoms with Gasteiger partial charge in [0, 0.05) is 7.05 Å². The average Bonchev–Trinajstić information content (AvgIpc) is 3.19. The molecule has 112 valence electrons. The number of carbonyl (C=O) groups is 1. The summed E-state index contributed by atoms with van der Waals surface area (Å²) in [5, 5.41) is 6.50. The van der Waals surface area contributed by atoms with Crippen LogP contribution in [0.25, 0.3) is 10.7 Å². The van der Waals surface area contributed by atoms with Gasteiger partial charge in [0.05, 0.1) is 11.5 Å². The van der Waals surface area contributed by atoms with Crippen LogP contribution in [0, 0.1) is 0 Å². The SMILES string of the molecule is CCOC(=O)C1(c2nc(-c3cccs3)nn2C)CCCC1. The van der Waals surface area contributed by atoms with Gasteiger partial charge in [-0.3, -0.25) is 9.48 Å². The minimum atomic E-state index is -0.618. The zero-order chi connectivity index (χ0) is 14.9. The van der Waals surface area contributed by atoms with Crippen LogP contribution in [0.3, 0.4) is 0 Å². The van der Waals surface area contributed by atoms with Crippen LogP contribution in [0.5, 0.6) is 0 Å². The quantitative estimate of drug-likeness (QED) is 0.815. The number of hydrogen-bond donors (Lipinski definition) is 0. The lowest BCUT2D eigenvalue weighted by Gasteiger charge is -2.24. The summed E-state index contributed by atoms with van der Waals surface area (Å²) in [7, 11) is 1.86. The maximum Gasteiger partial charge on any atom is 0.319 e. The van der Waals surface area contributed by atoms with E-state index in [1.165, 1.54) is 0 Å². The van der Waals surface area contributed by atoms with E-state index in [-0.39, 0.29) is 5.97 Å². The molecule has 0 spiro atoms. The monoisotopic (exact) mass is 305 g/mol. The number of aryl methyl sites for hydroxylation is 1. The summed E-state index contributed by atoms with van der Waals surface area (Å²) in [5.74, 6) is 1.27. The Morgan fingerprint density at radius 3 is 2.86 bits per heavy atom. The smallest absolute Gasteiger partial charge is 0.319 e. The van der Waals surface area contributed by atoms with Crippen LogP contribution in [-0.4, -0.2) is 27.3 Å². The van der Waals surface area contributed by atoms with Gasteiger partial charge in [-0.15, -0.1) is 11.3 Å². The first-order valence-electron chi connectivity index (χ1n) is 7.30. The van der Waals surface area contributed by atoms with E-state index < -0.39 is 5.41 Å². The van der Waals surface area contributed by atoms with Crippen molar-refractivity contribution in [2.45, 2.75) is 38.0 Å². The molecule has 3 rings (SSSR count). The van der Waals surface area contributed by atoms with Gasteiger partial charge in [-0.1, -0.05) is 18.9 Å². The minimum Gasteiger partial charge on any atom is -0.465 e. The average molecular weight is 305 g/mol. The fourth-order valence-electron chi connectivity index (χ4n) is 3.08. The Morgan fingerprint density at radius 2 is 2.24 bits per heavy atom. The molecule has 0 N–H and O–H groups in total. The molecule has 1 fully saturated rings. The van der Waals surface area contributed by atoms with Gasteiger partial charge in [0.2, 0.25) is 0 Å². The number of hydrogen-bond acceptors (Lipinski definition) is 5. The Balaban J connectivity index is 2.02. The molecule has 1 aliphatic carbocycles. The molecule has 0 radical (unpaired) electrons. The molecular formula is C15H19N3O2S. The number of esters is 1. The molecule has 5 nitrogen and oxygen atoms in total. The lowest BCUT2D eigenvalue weighted by molar-refractivity contribution is -0.150. The largest absolute Gasteiger partial charge is 0.465 e. The van der Waals surface area contributed by atoms with Crippen molar-refractivity contribution in [2.24, 2.45) is 7.05 Å². The lowest BCUT2D eigenvalue weighted by atomic mass is 9.85.